The largest absolute Gasteiger partial charge is 0.349 e. The summed E-state index contributed by atoms with van der Waals surface area (Å²) >= 11 is 0. The number of rotatable bonds is 5. The molecule has 3 N–H and O–H groups in total. The lowest BCUT2D eigenvalue weighted by molar-refractivity contribution is -0.121. The van der Waals surface area contributed by atoms with Crippen LogP contribution in [0.2, 0.25) is 0 Å². The van der Waals surface area contributed by atoms with E-state index in [1.165, 1.54) is 0 Å². The minimum Gasteiger partial charge on any atom is -0.349 e. The first-order chi connectivity index (χ1) is 8.08. The zero-order chi connectivity index (χ0) is 12.8. The maximum atomic E-state index is 13.5. The van der Waals surface area contributed by atoms with E-state index in [0.717, 1.165) is 18.2 Å². The molecule has 0 spiro atoms. The van der Waals surface area contributed by atoms with Gasteiger partial charge in [0.15, 0.2) is 0 Å². The fourth-order valence-electron chi connectivity index (χ4n) is 1.58. The molecule has 0 aliphatic heterocycles. The summed E-state index contributed by atoms with van der Waals surface area (Å²) in [5.41, 5.74) is 5.41. The predicted octanol–water partition coefficient (Wildman–Crippen LogP) is 2.30. The first kappa shape index (κ1) is 16.8. The lowest BCUT2D eigenvalue weighted by Gasteiger charge is -2.18. The Bertz CT molecular complexity index is 402. The van der Waals surface area contributed by atoms with E-state index in [0.29, 0.717) is 6.42 Å². The van der Waals surface area contributed by atoms with E-state index in [9.17, 15) is 13.6 Å². The van der Waals surface area contributed by atoms with E-state index in [1.54, 1.807) is 6.92 Å². The van der Waals surface area contributed by atoms with Crippen LogP contribution in [0.25, 0.3) is 0 Å². The normalized spacial score (nSPS) is 11.6. The lowest BCUT2D eigenvalue weighted by atomic mass is 10.0. The monoisotopic (exact) mass is 278 g/mol. The fourth-order valence-corrected chi connectivity index (χ4v) is 1.58. The minimum atomic E-state index is -0.523. The molecule has 3 nitrogen and oxygen atoms in total. The van der Waals surface area contributed by atoms with Gasteiger partial charge in [-0.05, 0) is 24.6 Å². The highest BCUT2D eigenvalue weighted by molar-refractivity contribution is 5.85. The summed E-state index contributed by atoms with van der Waals surface area (Å²) in [7, 11) is 0. The van der Waals surface area contributed by atoms with Crippen LogP contribution in [0.3, 0.4) is 0 Å². The molecule has 0 saturated carbocycles. The van der Waals surface area contributed by atoms with Crippen molar-refractivity contribution >= 4 is 18.3 Å². The molecule has 18 heavy (non-hydrogen) atoms. The molecule has 1 amide bonds. The number of carbonyl (C=O) groups is 1. The van der Waals surface area contributed by atoms with E-state index in [-0.39, 0.29) is 36.8 Å². The van der Waals surface area contributed by atoms with Gasteiger partial charge in [0.25, 0.3) is 0 Å². The first-order valence-electron chi connectivity index (χ1n) is 5.52. The van der Waals surface area contributed by atoms with Crippen LogP contribution in [0, 0.1) is 11.6 Å². The Morgan fingerprint density at radius 2 is 2.11 bits per heavy atom. The van der Waals surface area contributed by atoms with Gasteiger partial charge in [-0.25, -0.2) is 8.78 Å². The number of amides is 1. The standard InChI is InChI=1S/C12H16F2N2O.ClH/c1-2-11(16-12(17)5-6-15)9-7-8(13)3-4-10(9)14;/h3-4,7,11H,2,5-6,15H2,1H3,(H,16,17);1H. The third-order valence-electron chi connectivity index (χ3n) is 2.45. The van der Waals surface area contributed by atoms with Crippen molar-refractivity contribution in [2.24, 2.45) is 5.73 Å². The molecule has 0 radical (unpaired) electrons. The highest BCUT2D eigenvalue weighted by Crippen LogP contribution is 2.21. The molecule has 102 valence electrons. The van der Waals surface area contributed by atoms with Gasteiger partial charge in [-0.15, -0.1) is 12.4 Å². The number of benzene rings is 1. The SMILES string of the molecule is CCC(NC(=O)CCN)c1cc(F)ccc1F.Cl. The summed E-state index contributed by atoms with van der Waals surface area (Å²) in [6, 6.07) is 2.69. The molecule has 0 fully saturated rings. The van der Waals surface area contributed by atoms with Crippen LogP contribution in [0.15, 0.2) is 18.2 Å². The topological polar surface area (TPSA) is 55.1 Å². The van der Waals surface area contributed by atoms with Gasteiger partial charge >= 0.3 is 0 Å². The molecular formula is C12H17ClF2N2O. The molecule has 1 aromatic rings. The van der Waals surface area contributed by atoms with Gasteiger partial charge in [0.05, 0.1) is 6.04 Å². The van der Waals surface area contributed by atoms with Gasteiger partial charge in [0.1, 0.15) is 11.6 Å². The van der Waals surface area contributed by atoms with Crippen molar-refractivity contribution in [1.82, 2.24) is 5.32 Å². The van der Waals surface area contributed by atoms with E-state index in [4.69, 9.17) is 5.73 Å². The third-order valence-corrected chi connectivity index (χ3v) is 2.45. The second-order valence-electron chi connectivity index (χ2n) is 3.73. The van der Waals surface area contributed by atoms with E-state index in [2.05, 4.69) is 5.32 Å². The van der Waals surface area contributed by atoms with Crippen LogP contribution in [-0.4, -0.2) is 12.5 Å². The number of halogens is 3. The quantitative estimate of drug-likeness (QED) is 0.868. The highest BCUT2D eigenvalue weighted by Gasteiger charge is 2.16. The van der Waals surface area contributed by atoms with Crippen molar-refractivity contribution in [3.05, 3.63) is 35.4 Å². The Morgan fingerprint density at radius 3 is 2.67 bits per heavy atom. The fraction of sp³-hybridized carbons (Fsp3) is 0.417. The molecule has 0 bridgehead atoms. The second-order valence-corrected chi connectivity index (χ2v) is 3.73. The van der Waals surface area contributed by atoms with Gasteiger partial charge in [-0.2, -0.15) is 0 Å². The predicted molar refractivity (Wildman–Crippen MR) is 68.5 cm³/mol. The van der Waals surface area contributed by atoms with Crippen LogP contribution >= 0.6 is 12.4 Å². The summed E-state index contributed by atoms with van der Waals surface area (Å²) < 4.78 is 26.5. The Hall–Kier alpha value is -1.20. The Kier molecular flexibility index (Phi) is 7.47. The Balaban J connectivity index is 0.00000289. The Labute approximate surface area is 111 Å². The smallest absolute Gasteiger partial charge is 0.221 e. The molecular weight excluding hydrogens is 262 g/mol. The summed E-state index contributed by atoms with van der Waals surface area (Å²) in [4.78, 5) is 11.4. The summed E-state index contributed by atoms with van der Waals surface area (Å²) in [6.45, 7) is 2.02. The second kappa shape index (κ2) is 8.00. The molecule has 1 aromatic carbocycles. The van der Waals surface area contributed by atoms with E-state index < -0.39 is 17.7 Å². The maximum absolute atomic E-state index is 13.5. The van der Waals surface area contributed by atoms with Crippen molar-refractivity contribution in [3.63, 3.8) is 0 Å². The molecule has 0 saturated heterocycles. The van der Waals surface area contributed by atoms with Crippen molar-refractivity contribution < 1.29 is 13.6 Å². The van der Waals surface area contributed by atoms with Crippen LogP contribution in [0.4, 0.5) is 8.78 Å². The van der Waals surface area contributed by atoms with Gasteiger partial charge < -0.3 is 11.1 Å². The summed E-state index contributed by atoms with van der Waals surface area (Å²) in [5, 5.41) is 2.63. The zero-order valence-electron chi connectivity index (χ0n) is 10.1. The number of hydrogen-bond acceptors (Lipinski definition) is 2. The third kappa shape index (κ3) is 4.58. The molecule has 0 aliphatic rings. The summed E-state index contributed by atoms with van der Waals surface area (Å²) in [5.74, 6) is -1.30. The van der Waals surface area contributed by atoms with Crippen LogP contribution in [-0.2, 0) is 4.79 Å². The van der Waals surface area contributed by atoms with Crippen LogP contribution in [0.1, 0.15) is 31.4 Å². The van der Waals surface area contributed by atoms with Crippen LogP contribution in [0.5, 0.6) is 0 Å². The number of hydrogen-bond donors (Lipinski definition) is 2. The lowest BCUT2D eigenvalue weighted by Crippen LogP contribution is -2.30. The molecule has 0 aromatic heterocycles. The van der Waals surface area contributed by atoms with E-state index in [1.807, 2.05) is 0 Å². The van der Waals surface area contributed by atoms with Gasteiger partial charge in [-0.3, -0.25) is 4.79 Å². The van der Waals surface area contributed by atoms with Gasteiger partial charge in [0.2, 0.25) is 5.91 Å². The highest BCUT2D eigenvalue weighted by atomic mass is 35.5. The molecule has 1 unspecified atom stereocenters. The average molecular weight is 279 g/mol. The molecule has 0 aliphatic carbocycles. The van der Waals surface area contributed by atoms with Gasteiger partial charge in [-0.1, -0.05) is 6.92 Å². The van der Waals surface area contributed by atoms with Crippen molar-refractivity contribution in [1.29, 1.82) is 0 Å². The van der Waals surface area contributed by atoms with Gasteiger partial charge in [0, 0.05) is 18.5 Å². The molecule has 0 heterocycles. The average Bonchev–Trinajstić information content (AvgIpc) is 2.30. The first-order valence-corrected chi connectivity index (χ1v) is 5.52. The van der Waals surface area contributed by atoms with Crippen molar-refractivity contribution in [2.45, 2.75) is 25.8 Å². The zero-order valence-corrected chi connectivity index (χ0v) is 10.9. The van der Waals surface area contributed by atoms with E-state index >= 15 is 0 Å². The number of nitrogens with two attached hydrogens (primary N) is 1. The molecule has 1 rings (SSSR count). The van der Waals surface area contributed by atoms with Crippen molar-refractivity contribution in [3.8, 4) is 0 Å². The molecule has 6 heteroatoms. The summed E-state index contributed by atoms with van der Waals surface area (Å²) in [6.07, 6.45) is 0.657. The Morgan fingerprint density at radius 1 is 1.44 bits per heavy atom. The van der Waals surface area contributed by atoms with Crippen LogP contribution < -0.4 is 11.1 Å². The number of carbonyl (C=O) groups excluding carboxylic acids is 1. The minimum absolute atomic E-state index is 0. The maximum Gasteiger partial charge on any atom is 0.221 e. The number of nitrogens with one attached hydrogen (secondary N) is 1. The van der Waals surface area contributed by atoms with Crippen molar-refractivity contribution in [2.75, 3.05) is 6.54 Å². The molecule has 1 atom stereocenters.